The van der Waals surface area contributed by atoms with Crippen molar-refractivity contribution in [2.24, 2.45) is 17.8 Å². The maximum Gasteiger partial charge on any atom is 0.309 e. The first-order valence-corrected chi connectivity index (χ1v) is 12.3. The van der Waals surface area contributed by atoms with Crippen LogP contribution < -0.4 is 0 Å². The van der Waals surface area contributed by atoms with Gasteiger partial charge >= 0.3 is 5.97 Å². The number of carbonyl (C=O) groups excluding carboxylic acids is 2. The molecule has 152 valence electrons. The molecule has 0 N–H and O–H groups in total. The number of nitrogens with zero attached hydrogens (tertiary/aromatic N) is 1. The van der Waals surface area contributed by atoms with Crippen molar-refractivity contribution in [1.29, 1.82) is 0 Å². The highest BCUT2D eigenvalue weighted by atomic mass is 32.2. The molecule has 0 radical (unpaired) electrons. The van der Waals surface area contributed by atoms with Gasteiger partial charge in [-0.15, -0.1) is 23.5 Å². The molecule has 1 saturated heterocycles. The van der Waals surface area contributed by atoms with Gasteiger partial charge in [0.2, 0.25) is 0 Å². The summed E-state index contributed by atoms with van der Waals surface area (Å²) in [7, 11) is 1.76. The van der Waals surface area contributed by atoms with E-state index in [4.69, 9.17) is 4.74 Å². The number of likely N-dealkylation sites (N-methyl/N-ethyl adjacent to an activating group) is 1. The van der Waals surface area contributed by atoms with Gasteiger partial charge in [-0.1, -0.05) is 36.8 Å². The minimum Gasteiger partial charge on any atom is -0.455 e. The summed E-state index contributed by atoms with van der Waals surface area (Å²) in [5.41, 5.74) is 1.07. The van der Waals surface area contributed by atoms with Crippen molar-refractivity contribution in [1.82, 2.24) is 4.90 Å². The first-order valence-electron chi connectivity index (χ1n) is 10.3. The first-order chi connectivity index (χ1) is 13.6. The number of hydrogen-bond donors (Lipinski definition) is 0. The topological polar surface area (TPSA) is 46.6 Å². The monoisotopic (exact) mass is 419 g/mol. The van der Waals surface area contributed by atoms with Crippen LogP contribution in [0.2, 0.25) is 0 Å². The molecule has 4 rings (SSSR count). The van der Waals surface area contributed by atoms with Crippen molar-refractivity contribution in [2.45, 2.75) is 42.7 Å². The zero-order valence-corrected chi connectivity index (χ0v) is 18.1. The van der Waals surface area contributed by atoms with Gasteiger partial charge in [0.05, 0.1) is 10.00 Å². The third-order valence-electron chi connectivity index (χ3n) is 6.48. The minimum atomic E-state index is -0.166. The molecule has 1 aliphatic heterocycles. The molecule has 1 heterocycles. The lowest BCUT2D eigenvalue weighted by molar-refractivity contribution is -0.157. The van der Waals surface area contributed by atoms with E-state index < -0.39 is 0 Å². The fourth-order valence-corrected chi connectivity index (χ4v) is 9.05. The smallest absolute Gasteiger partial charge is 0.309 e. The summed E-state index contributed by atoms with van der Waals surface area (Å²) in [6.07, 6.45) is 5.63. The predicted molar refractivity (Wildman–Crippen MR) is 115 cm³/mol. The summed E-state index contributed by atoms with van der Waals surface area (Å²) >= 11 is 4.29. The van der Waals surface area contributed by atoms with Crippen molar-refractivity contribution in [3.05, 3.63) is 35.9 Å². The molecular formula is C22H29NO3S2. The number of benzene rings is 1. The van der Waals surface area contributed by atoms with E-state index in [9.17, 15) is 9.59 Å². The second-order valence-corrected chi connectivity index (χ2v) is 11.3. The molecule has 28 heavy (non-hydrogen) atoms. The lowest BCUT2D eigenvalue weighted by Gasteiger charge is -2.51. The van der Waals surface area contributed by atoms with E-state index in [1.807, 2.05) is 30.3 Å². The van der Waals surface area contributed by atoms with E-state index in [2.05, 4.69) is 23.5 Å². The van der Waals surface area contributed by atoms with Gasteiger partial charge in [0.25, 0.3) is 5.91 Å². The highest BCUT2D eigenvalue weighted by Crippen LogP contribution is 2.64. The Labute approximate surface area is 176 Å². The summed E-state index contributed by atoms with van der Waals surface area (Å²) in [5.74, 6) is 3.38. The Bertz CT molecular complexity index is 689. The molecule has 3 aliphatic rings. The third kappa shape index (κ3) is 4.09. The Morgan fingerprint density at radius 1 is 1.11 bits per heavy atom. The van der Waals surface area contributed by atoms with Gasteiger partial charge in [-0.2, -0.15) is 0 Å². The molecule has 3 fully saturated rings. The van der Waals surface area contributed by atoms with Crippen LogP contribution in [0.15, 0.2) is 30.3 Å². The van der Waals surface area contributed by atoms with E-state index >= 15 is 0 Å². The Kier molecular flexibility index (Phi) is 6.26. The number of thioether (sulfide) groups is 2. The zero-order chi connectivity index (χ0) is 19.6. The summed E-state index contributed by atoms with van der Waals surface area (Å²) < 4.78 is 5.84. The van der Waals surface area contributed by atoms with Crippen molar-refractivity contribution in [2.75, 3.05) is 25.2 Å². The van der Waals surface area contributed by atoms with Crippen molar-refractivity contribution < 1.29 is 14.3 Å². The largest absolute Gasteiger partial charge is 0.455 e. The number of amides is 1. The van der Waals surface area contributed by atoms with Gasteiger partial charge in [0, 0.05) is 25.1 Å². The third-order valence-corrected chi connectivity index (χ3v) is 10.5. The number of ether oxygens (including phenoxy) is 1. The van der Waals surface area contributed by atoms with Crippen LogP contribution >= 0.6 is 23.5 Å². The average Bonchev–Trinajstić information content (AvgIpc) is 3.16. The molecule has 2 aliphatic carbocycles. The second kappa shape index (κ2) is 8.70. The summed E-state index contributed by atoms with van der Waals surface area (Å²) in [4.78, 5) is 26.7. The molecule has 1 aromatic carbocycles. The van der Waals surface area contributed by atoms with Crippen LogP contribution in [0.1, 0.15) is 37.7 Å². The van der Waals surface area contributed by atoms with E-state index in [0.29, 0.717) is 22.5 Å². The van der Waals surface area contributed by atoms with Crippen molar-refractivity contribution in [3.8, 4) is 0 Å². The standard InChI is InChI=1S/C22H29NO3S2/c1-23(14-16-6-3-2-4-7-16)20(24)15-26-21(25)17-12-18-8-5-9-19(13-17)22(18)27-10-11-28-22/h2-4,6-7,17-19H,5,8-15H2,1H3/t17?,18-,19+. The van der Waals surface area contributed by atoms with Crippen molar-refractivity contribution in [3.63, 3.8) is 0 Å². The molecule has 6 heteroatoms. The van der Waals surface area contributed by atoms with Gasteiger partial charge in [-0.3, -0.25) is 9.59 Å². The summed E-state index contributed by atoms with van der Waals surface area (Å²) in [6, 6.07) is 9.86. The lowest BCUT2D eigenvalue weighted by atomic mass is 9.67. The molecule has 1 aromatic rings. The van der Waals surface area contributed by atoms with E-state index in [1.165, 1.54) is 30.8 Å². The SMILES string of the molecule is CN(Cc1ccccc1)C(=O)COC(=O)C1C[C@H]2CCC[C@@H](C1)C21SCCS1. The molecule has 2 saturated carbocycles. The van der Waals surface area contributed by atoms with Crippen LogP contribution in [0.5, 0.6) is 0 Å². The average molecular weight is 420 g/mol. The number of hydrogen-bond acceptors (Lipinski definition) is 5. The predicted octanol–water partition coefficient (Wildman–Crippen LogP) is 4.19. The Morgan fingerprint density at radius 3 is 2.39 bits per heavy atom. The molecular weight excluding hydrogens is 390 g/mol. The van der Waals surface area contributed by atoms with E-state index in [1.54, 1.807) is 11.9 Å². The fourth-order valence-electron chi connectivity index (χ4n) is 5.11. The normalized spacial score (nSPS) is 28.1. The fraction of sp³-hybridized carbons (Fsp3) is 0.636. The quantitative estimate of drug-likeness (QED) is 0.670. The minimum absolute atomic E-state index is 0.0324. The van der Waals surface area contributed by atoms with E-state index in [-0.39, 0.29) is 24.4 Å². The first kappa shape index (κ1) is 20.1. The molecule has 1 unspecified atom stereocenters. The van der Waals surface area contributed by atoms with Crippen LogP contribution in [0.4, 0.5) is 0 Å². The van der Waals surface area contributed by atoms with Gasteiger partial charge < -0.3 is 9.64 Å². The van der Waals surface area contributed by atoms with Gasteiger partial charge in [0.1, 0.15) is 0 Å². The van der Waals surface area contributed by atoms with E-state index in [0.717, 1.165) is 18.4 Å². The maximum atomic E-state index is 12.7. The van der Waals surface area contributed by atoms with Gasteiger partial charge in [-0.25, -0.2) is 0 Å². The zero-order valence-electron chi connectivity index (χ0n) is 16.5. The molecule has 1 spiro atoms. The molecule has 4 nitrogen and oxygen atoms in total. The number of rotatable bonds is 5. The number of esters is 1. The lowest BCUT2D eigenvalue weighted by Crippen LogP contribution is -2.48. The highest BCUT2D eigenvalue weighted by molar-refractivity contribution is 8.21. The maximum absolute atomic E-state index is 12.7. The van der Waals surface area contributed by atoms with Gasteiger partial charge in [0.15, 0.2) is 6.61 Å². The van der Waals surface area contributed by atoms with Crippen LogP contribution in [0, 0.1) is 17.8 Å². The van der Waals surface area contributed by atoms with Gasteiger partial charge in [-0.05, 0) is 43.1 Å². The molecule has 3 atom stereocenters. The highest BCUT2D eigenvalue weighted by Gasteiger charge is 2.55. The summed E-state index contributed by atoms with van der Waals surface area (Å²) in [5, 5.41) is 0. The van der Waals surface area contributed by atoms with Crippen LogP contribution in [-0.2, 0) is 20.9 Å². The Morgan fingerprint density at radius 2 is 1.75 bits per heavy atom. The van der Waals surface area contributed by atoms with Crippen molar-refractivity contribution >= 4 is 35.4 Å². The molecule has 1 amide bonds. The summed E-state index contributed by atoms with van der Waals surface area (Å²) in [6.45, 7) is 0.379. The molecule has 2 bridgehead atoms. The van der Waals surface area contributed by atoms with Crippen LogP contribution in [-0.4, -0.2) is 46.0 Å². The second-order valence-electron chi connectivity index (χ2n) is 8.25. The Hall–Kier alpha value is -1.14. The number of carbonyl (C=O) groups is 2. The van der Waals surface area contributed by atoms with Crippen LogP contribution in [0.25, 0.3) is 0 Å². The Balaban J connectivity index is 1.29. The molecule has 0 aromatic heterocycles. The van der Waals surface area contributed by atoms with Crippen LogP contribution in [0.3, 0.4) is 0 Å².